The van der Waals surface area contributed by atoms with Gasteiger partial charge in [-0.05, 0) is 56.2 Å². The van der Waals surface area contributed by atoms with Crippen molar-refractivity contribution in [2.75, 3.05) is 18.2 Å². The Hall–Kier alpha value is -0.850. The van der Waals surface area contributed by atoms with Gasteiger partial charge < -0.3 is 4.74 Å². The van der Waals surface area contributed by atoms with Crippen LogP contribution in [0.25, 0.3) is 0 Å². The fourth-order valence-electron chi connectivity index (χ4n) is 2.65. The molecule has 0 aromatic heterocycles. The van der Waals surface area contributed by atoms with Gasteiger partial charge in [-0.15, -0.1) is 11.6 Å². The molecule has 1 fully saturated rings. The Bertz CT molecular complexity index is 603. The second-order valence-corrected chi connectivity index (χ2v) is 8.10. The molecule has 1 aliphatic carbocycles. The number of halogens is 2. The Morgan fingerprint density at radius 3 is 2.74 bits per heavy atom. The molecule has 23 heavy (non-hydrogen) atoms. The minimum absolute atomic E-state index is 0.0238. The molecule has 1 saturated carbocycles. The molecule has 1 N–H and O–H groups in total. The molecule has 0 amide bonds. The number of hydrogen-bond donors (Lipinski definition) is 1. The summed E-state index contributed by atoms with van der Waals surface area (Å²) >= 11 is 5.50. The van der Waals surface area contributed by atoms with Gasteiger partial charge in [0.15, 0.2) is 11.6 Å². The van der Waals surface area contributed by atoms with E-state index in [0.717, 1.165) is 31.2 Å². The second kappa shape index (κ2) is 8.85. The predicted octanol–water partition coefficient (Wildman–Crippen LogP) is 3.24. The molecule has 1 aliphatic rings. The van der Waals surface area contributed by atoms with Crippen LogP contribution in [0.1, 0.15) is 37.7 Å². The largest absolute Gasteiger partial charge is 0.487 e. The van der Waals surface area contributed by atoms with E-state index in [1.54, 1.807) is 12.1 Å². The van der Waals surface area contributed by atoms with Crippen LogP contribution in [-0.4, -0.2) is 32.7 Å². The van der Waals surface area contributed by atoms with Crippen LogP contribution in [0.5, 0.6) is 5.75 Å². The summed E-state index contributed by atoms with van der Waals surface area (Å²) in [6.45, 7) is 0.277. The van der Waals surface area contributed by atoms with Crippen LogP contribution >= 0.6 is 11.6 Å². The standard InChI is InChI=1S/C16H23ClFNO3S/c17-9-3-11-23(20,21)19-10-8-13-6-7-15(18)16(12-13)22-14-4-1-2-5-14/h6-7,12,14,19H,1-5,8-11H2. The minimum atomic E-state index is -3.29. The summed E-state index contributed by atoms with van der Waals surface area (Å²) in [6, 6.07) is 4.70. The molecule has 0 bridgehead atoms. The van der Waals surface area contributed by atoms with Crippen molar-refractivity contribution in [2.45, 2.75) is 44.6 Å². The van der Waals surface area contributed by atoms with Gasteiger partial charge in [-0.3, -0.25) is 0 Å². The number of rotatable bonds is 9. The number of nitrogens with one attached hydrogen (secondary N) is 1. The molecule has 0 atom stereocenters. The highest BCUT2D eigenvalue weighted by molar-refractivity contribution is 7.89. The number of alkyl halides is 1. The van der Waals surface area contributed by atoms with E-state index in [2.05, 4.69) is 4.72 Å². The third-order valence-electron chi connectivity index (χ3n) is 3.87. The van der Waals surface area contributed by atoms with E-state index in [4.69, 9.17) is 16.3 Å². The van der Waals surface area contributed by atoms with E-state index in [-0.39, 0.29) is 30.0 Å². The topological polar surface area (TPSA) is 55.4 Å². The van der Waals surface area contributed by atoms with Crippen LogP contribution in [-0.2, 0) is 16.4 Å². The first kappa shape index (κ1) is 18.5. The number of ether oxygens (including phenoxy) is 1. The molecule has 0 unspecified atom stereocenters. The third-order valence-corrected chi connectivity index (χ3v) is 5.61. The van der Waals surface area contributed by atoms with Gasteiger partial charge in [0.1, 0.15) is 0 Å². The molecule has 130 valence electrons. The van der Waals surface area contributed by atoms with Gasteiger partial charge in [0.2, 0.25) is 10.0 Å². The quantitative estimate of drug-likeness (QED) is 0.685. The molecule has 0 aliphatic heterocycles. The lowest BCUT2D eigenvalue weighted by molar-refractivity contribution is 0.200. The first-order chi connectivity index (χ1) is 11.0. The van der Waals surface area contributed by atoms with E-state index in [1.165, 1.54) is 6.07 Å². The van der Waals surface area contributed by atoms with Crippen molar-refractivity contribution in [1.29, 1.82) is 0 Å². The Kier molecular flexibility index (Phi) is 7.11. The lowest BCUT2D eigenvalue weighted by Crippen LogP contribution is -2.28. The predicted molar refractivity (Wildman–Crippen MR) is 90.1 cm³/mol. The monoisotopic (exact) mass is 363 g/mol. The Morgan fingerprint density at radius 2 is 2.04 bits per heavy atom. The van der Waals surface area contributed by atoms with Crippen LogP contribution in [0.2, 0.25) is 0 Å². The van der Waals surface area contributed by atoms with Crippen molar-refractivity contribution in [1.82, 2.24) is 4.72 Å². The zero-order valence-electron chi connectivity index (χ0n) is 13.1. The Morgan fingerprint density at radius 1 is 1.30 bits per heavy atom. The lowest BCUT2D eigenvalue weighted by Gasteiger charge is -2.14. The average molecular weight is 364 g/mol. The third kappa shape index (κ3) is 6.28. The van der Waals surface area contributed by atoms with Crippen molar-refractivity contribution in [3.8, 4) is 5.75 Å². The van der Waals surface area contributed by atoms with Gasteiger partial charge >= 0.3 is 0 Å². The summed E-state index contributed by atoms with van der Waals surface area (Å²) in [4.78, 5) is 0. The van der Waals surface area contributed by atoms with Crippen molar-refractivity contribution in [2.24, 2.45) is 0 Å². The van der Waals surface area contributed by atoms with Crippen LogP contribution in [0.3, 0.4) is 0 Å². The van der Waals surface area contributed by atoms with Gasteiger partial charge in [-0.2, -0.15) is 0 Å². The molecule has 0 heterocycles. The zero-order valence-corrected chi connectivity index (χ0v) is 14.6. The first-order valence-corrected chi connectivity index (χ1v) is 10.2. The summed E-state index contributed by atoms with van der Waals surface area (Å²) < 4.78 is 45.4. The van der Waals surface area contributed by atoms with Crippen molar-refractivity contribution >= 4 is 21.6 Å². The maximum absolute atomic E-state index is 13.8. The maximum Gasteiger partial charge on any atom is 0.211 e. The van der Waals surface area contributed by atoms with Crippen LogP contribution < -0.4 is 9.46 Å². The molecule has 0 radical (unpaired) electrons. The van der Waals surface area contributed by atoms with Gasteiger partial charge in [0.25, 0.3) is 0 Å². The molecule has 7 heteroatoms. The van der Waals surface area contributed by atoms with E-state index >= 15 is 0 Å². The molecule has 4 nitrogen and oxygen atoms in total. The number of hydrogen-bond acceptors (Lipinski definition) is 3. The minimum Gasteiger partial charge on any atom is -0.487 e. The highest BCUT2D eigenvalue weighted by Gasteiger charge is 2.18. The smallest absolute Gasteiger partial charge is 0.211 e. The van der Waals surface area contributed by atoms with Crippen molar-refractivity contribution in [3.63, 3.8) is 0 Å². The SMILES string of the molecule is O=S(=O)(CCCCl)NCCc1ccc(F)c(OC2CCCC2)c1. The Labute approximate surface area is 142 Å². The van der Waals surface area contributed by atoms with Crippen molar-refractivity contribution in [3.05, 3.63) is 29.6 Å². The molecule has 0 spiro atoms. The van der Waals surface area contributed by atoms with Gasteiger partial charge in [0, 0.05) is 12.4 Å². The summed E-state index contributed by atoms with van der Waals surface area (Å²) in [5.41, 5.74) is 0.847. The summed E-state index contributed by atoms with van der Waals surface area (Å²) in [5, 5.41) is 0. The summed E-state index contributed by atoms with van der Waals surface area (Å²) in [5.74, 6) is 0.235. The van der Waals surface area contributed by atoms with Gasteiger partial charge in [-0.25, -0.2) is 17.5 Å². The zero-order chi connectivity index (χ0) is 16.7. The molecule has 0 saturated heterocycles. The maximum atomic E-state index is 13.8. The second-order valence-electron chi connectivity index (χ2n) is 5.79. The molecular weight excluding hydrogens is 341 g/mol. The molecule has 1 aromatic rings. The van der Waals surface area contributed by atoms with E-state index in [1.807, 2.05) is 0 Å². The fourth-order valence-corrected chi connectivity index (χ4v) is 4.02. The average Bonchev–Trinajstić information content (AvgIpc) is 3.01. The summed E-state index contributed by atoms with van der Waals surface area (Å²) in [6.07, 6.45) is 5.17. The summed E-state index contributed by atoms with van der Waals surface area (Å²) in [7, 11) is -3.29. The van der Waals surface area contributed by atoms with Crippen LogP contribution in [0.4, 0.5) is 4.39 Å². The van der Waals surface area contributed by atoms with Gasteiger partial charge in [-0.1, -0.05) is 6.07 Å². The van der Waals surface area contributed by atoms with Crippen LogP contribution in [0.15, 0.2) is 18.2 Å². The van der Waals surface area contributed by atoms with Gasteiger partial charge in [0.05, 0.1) is 11.9 Å². The molecular formula is C16H23ClFNO3S. The first-order valence-electron chi connectivity index (χ1n) is 7.98. The molecule has 2 rings (SSSR count). The number of benzene rings is 1. The normalized spacial score (nSPS) is 15.9. The van der Waals surface area contributed by atoms with E-state index in [0.29, 0.717) is 18.7 Å². The number of sulfonamides is 1. The van der Waals surface area contributed by atoms with Crippen molar-refractivity contribution < 1.29 is 17.5 Å². The fraction of sp³-hybridized carbons (Fsp3) is 0.625. The molecule has 1 aromatic carbocycles. The highest BCUT2D eigenvalue weighted by atomic mass is 35.5. The Balaban J connectivity index is 1.87. The lowest BCUT2D eigenvalue weighted by atomic mass is 10.1. The van der Waals surface area contributed by atoms with E-state index < -0.39 is 10.0 Å². The van der Waals surface area contributed by atoms with Crippen LogP contribution in [0, 0.1) is 5.82 Å². The highest BCUT2D eigenvalue weighted by Crippen LogP contribution is 2.26. The van der Waals surface area contributed by atoms with E-state index in [9.17, 15) is 12.8 Å².